The van der Waals surface area contributed by atoms with Gasteiger partial charge in [0, 0.05) is 17.1 Å². The number of anilines is 2. The Balaban J connectivity index is 2.15. The van der Waals surface area contributed by atoms with Crippen LogP contribution in [0.15, 0.2) is 60.8 Å². The van der Waals surface area contributed by atoms with Gasteiger partial charge in [-0.3, -0.25) is 18.3 Å². The zero-order chi connectivity index (χ0) is 16.4. The second-order valence-corrected chi connectivity index (χ2v) is 5.77. The number of rotatable bonds is 4. The lowest BCUT2D eigenvalue weighted by Gasteiger charge is -2.27. The maximum atomic E-state index is 11.8. The van der Waals surface area contributed by atoms with Gasteiger partial charge in [-0.25, -0.2) is 0 Å². The molecule has 116 valence electrons. The minimum absolute atomic E-state index is 0.0711. The molecule has 0 saturated carbocycles. The maximum absolute atomic E-state index is 11.8. The van der Waals surface area contributed by atoms with Crippen molar-refractivity contribution in [3.63, 3.8) is 0 Å². The molecule has 0 radical (unpaired) electrons. The fraction of sp³-hybridized carbons (Fsp3) is 0.0588. The van der Waals surface area contributed by atoms with E-state index in [9.17, 15) is 13.6 Å². The smallest absolute Gasteiger partial charge is 0.159 e. The van der Waals surface area contributed by atoms with E-state index in [-0.39, 0.29) is 5.78 Å². The van der Waals surface area contributed by atoms with Crippen molar-refractivity contribution in [2.24, 2.45) is 0 Å². The Kier molecular flexibility index (Phi) is 4.18. The third-order valence-electron chi connectivity index (χ3n) is 3.49. The molecule has 5 nitrogen and oxygen atoms in total. The van der Waals surface area contributed by atoms with Crippen molar-refractivity contribution in [2.75, 3.05) is 4.31 Å². The molecule has 0 aliphatic carbocycles. The number of pyridine rings is 1. The number of benzene rings is 2. The second-order valence-electron chi connectivity index (χ2n) is 4.97. The van der Waals surface area contributed by atoms with Gasteiger partial charge in [0.2, 0.25) is 0 Å². The van der Waals surface area contributed by atoms with Gasteiger partial charge in [-0.05, 0) is 43.3 Å². The molecule has 3 rings (SSSR count). The number of carbonyl (C=O) groups excluding carboxylic acids is 1. The minimum Gasteiger partial charge on any atom is -0.755 e. The molecular weight excluding hydrogens is 312 g/mol. The predicted molar refractivity (Wildman–Crippen MR) is 89.2 cm³/mol. The van der Waals surface area contributed by atoms with Crippen LogP contribution in [0.2, 0.25) is 0 Å². The molecular formula is C17H13N2O3S-. The van der Waals surface area contributed by atoms with Crippen molar-refractivity contribution in [3.05, 3.63) is 66.4 Å². The molecule has 0 aliphatic rings. The van der Waals surface area contributed by atoms with Crippen LogP contribution in [0.4, 0.5) is 11.4 Å². The number of ketones is 1. The molecule has 1 unspecified atom stereocenters. The normalized spacial score (nSPS) is 12.1. The minimum atomic E-state index is -2.52. The molecule has 0 aliphatic heterocycles. The van der Waals surface area contributed by atoms with Crippen molar-refractivity contribution >= 4 is 39.3 Å². The number of nitrogens with zero attached hydrogens (tertiary/aromatic N) is 2. The highest BCUT2D eigenvalue weighted by Crippen LogP contribution is 2.32. The average molecular weight is 325 g/mol. The Bertz CT molecular complexity index is 888. The van der Waals surface area contributed by atoms with Crippen LogP contribution in [-0.2, 0) is 11.3 Å². The van der Waals surface area contributed by atoms with E-state index in [1.54, 1.807) is 48.7 Å². The number of hydrogen-bond acceptors (Lipinski definition) is 4. The summed E-state index contributed by atoms with van der Waals surface area (Å²) >= 11 is -2.52. The molecule has 0 bridgehead atoms. The fourth-order valence-corrected chi connectivity index (χ4v) is 2.99. The average Bonchev–Trinajstić information content (AvgIpc) is 2.55. The zero-order valence-corrected chi connectivity index (χ0v) is 13.1. The van der Waals surface area contributed by atoms with E-state index in [2.05, 4.69) is 4.98 Å². The van der Waals surface area contributed by atoms with E-state index < -0.39 is 11.3 Å². The van der Waals surface area contributed by atoms with Crippen LogP contribution >= 0.6 is 0 Å². The Morgan fingerprint density at radius 1 is 1.09 bits per heavy atom. The maximum Gasteiger partial charge on any atom is 0.159 e. The Labute approximate surface area is 136 Å². The summed E-state index contributed by atoms with van der Waals surface area (Å²) in [6.07, 6.45) is 1.62. The first-order valence-electron chi connectivity index (χ1n) is 6.92. The van der Waals surface area contributed by atoms with Gasteiger partial charge in [-0.2, -0.15) is 0 Å². The molecule has 1 atom stereocenters. The van der Waals surface area contributed by atoms with Crippen LogP contribution in [0.1, 0.15) is 17.3 Å². The van der Waals surface area contributed by atoms with Crippen molar-refractivity contribution in [1.29, 1.82) is 0 Å². The summed E-state index contributed by atoms with van der Waals surface area (Å²) in [5, 5.41) is 0.848. The summed E-state index contributed by atoms with van der Waals surface area (Å²) in [5.41, 5.74) is 2.03. The van der Waals surface area contributed by atoms with Gasteiger partial charge in [0.1, 0.15) is 0 Å². The Hall–Kier alpha value is -2.57. The molecule has 3 aromatic rings. The van der Waals surface area contributed by atoms with Gasteiger partial charge in [0.25, 0.3) is 0 Å². The van der Waals surface area contributed by atoms with Gasteiger partial charge < -0.3 is 4.55 Å². The van der Waals surface area contributed by atoms with Gasteiger partial charge in [0.15, 0.2) is 5.78 Å². The van der Waals surface area contributed by atoms with Crippen molar-refractivity contribution in [1.82, 2.24) is 4.98 Å². The molecule has 1 heterocycles. The van der Waals surface area contributed by atoms with Crippen LogP contribution in [0.25, 0.3) is 10.9 Å². The molecule has 6 heteroatoms. The highest BCUT2D eigenvalue weighted by atomic mass is 32.2. The first-order chi connectivity index (χ1) is 11.1. The van der Waals surface area contributed by atoms with E-state index in [0.717, 1.165) is 5.39 Å². The molecule has 0 spiro atoms. The lowest BCUT2D eigenvalue weighted by atomic mass is 10.1. The third-order valence-corrected chi connectivity index (χ3v) is 4.19. The van der Waals surface area contributed by atoms with Crippen molar-refractivity contribution in [3.8, 4) is 0 Å². The monoisotopic (exact) mass is 325 g/mol. The van der Waals surface area contributed by atoms with Gasteiger partial charge in [0.05, 0.1) is 28.2 Å². The number of aromatic nitrogens is 1. The third kappa shape index (κ3) is 2.99. The number of Topliss-reactive ketones (excluding diaryl/α,β-unsaturated/α-hetero) is 1. The first kappa shape index (κ1) is 15.3. The number of para-hydroxylation sites is 1. The molecule has 23 heavy (non-hydrogen) atoms. The largest absolute Gasteiger partial charge is 0.755 e. The Morgan fingerprint density at radius 2 is 1.78 bits per heavy atom. The predicted octanol–water partition coefficient (Wildman–Crippen LogP) is 3.37. The zero-order valence-electron chi connectivity index (χ0n) is 12.3. The highest BCUT2D eigenvalue weighted by molar-refractivity contribution is 7.81. The van der Waals surface area contributed by atoms with Crippen LogP contribution in [0.3, 0.4) is 0 Å². The number of hydrogen-bond donors (Lipinski definition) is 0. The second kappa shape index (κ2) is 6.28. The molecule has 2 aromatic carbocycles. The van der Waals surface area contributed by atoms with Crippen molar-refractivity contribution < 1.29 is 13.6 Å². The highest BCUT2D eigenvalue weighted by Gasteiger charge is 2.14. The van der Waals surface area contributed by atoms with E-state index in [4.69, 9.17) is 0 Å². The summed E-state index contributed by atoms with van der Waals surface area (Å²) in [5.74, 6) is -0.0711. The standard InChI is InChI=1S/C17H14N2O3S/c1-12(20)13-7-9-15(10-8-13)19(23(21)22)16-6-2-4-14-5-3-11-18-17(14)16/h2-11H,1H3,(H,21,22)/p-1. The summed E-state index contributed by atoms with van der Waals surface area (Å²) in [6.45, 7) is 1.47. The summed E-state index contributed by atoms with van der Waals surface area (Å²) in [6, 6.07) is 15.4. The van der Waals surface area contributed by atoms with E-state index >= 15 is 0 Å². The number of fused-ring (bicyclic) bond motifs is 1. The van der Waals surface area contributed by atoms with Gasteiger partial charge >= 0.3 is 0 Å². The quantitative estimate of drug-likeness (QED) is 0.544. The van der Waals surface area contributed by atoms with Crippen molar-refractivity contribution in [2.45, 2.75) is 6.92 Å². The molecule has 0 N–H and O–H groups in total. The summed E-state index contributed by atoms with van der Waals surface area (Å²) in [7, 11) is 0. The number of carbonyl (C=O) groups is 1. The molecule has 1 aromatic heterocycles. The van der Waals surface area contributed by atoms with E-state index in [0.29, 0.717) is 22.5 Å². The van der Waals surface area contributed by atoms with E-state index in [1.807, 2.05) is 12.1 Å². The first-order valence-corrected chi connectivity index (χ1v) is 7.95. The lowest BCUT2D eigenvalue weighted by Crippen LogP contribution is -2.20. The fourth-order valence-electron chi connectivity index (χ4n) is 2.39. The van der Waals surface area contributed by atoms with Crippen LogP contribution in [0, 0.1) is 0 Å². The van der Waals surface area contributed by atoms with Crippen LogP contribution in [-0.4, -0.2) is 19.5 Å². The van der Waals surface area contributed by atoms with Crippen LogP contribution < -0.4 is 4.31 Å². The van der Waals surface area contributed by atoms with Crippen LogP contribution in [0.5, 0.6) is 0 Å². The molecule has 0 fully saturated rings. The Morgan fingerprint density at radius 3 is 2.43 bits per heavy atom. The summed E-state index contributed by atoms with van der Waals surface area (Å²) < 4.78 is 24.8. The molecule has 0 saturated heterocycles. The summed E-state index contributed by atoms with van der Waals surface area (Å²) in [4.78, 5) is 15.6. The van der Waals surface area contributed by atoms with E-state index in [1.165, 1.54) is 11.2 Å². The molecule has 0 amide bonds. The van der Waals surface area contributed by atoms with Gasteiger partial charge in [-0.15, -0.1) is 0 Å². The van der Waals surface area contributed by atoms with Gasteiger partial charge in [-0.1, -0.05) is 18.2 Å². The lowest BCUT2D eigenvalue weighted by molar-refractivity contribution is 0.101. The SMILES string of the molecule is CC(=O)c1ccc(N(c2cccc3cccnc23)S(=O)[O-])cc1. The topological polar surface area (TPSA) is 73.3 Å².